The van der Waals surface area contributed by atoms with Crippen LogP contribution in [-0.4, -0.2) is 74.2 Å². The Morgan fingerprint density at radius 3 is 2.36 bits per heavy atom. The van der Waals surface area contributed by atoms with E-state index < -0.39 is 10.0 Å². The molecule has 0 bridgehead atoms. The SMILES string of the molecule is C#CCN1CCC(C(=O)N2CCN(S(=O)(=O)c3cc(C)ccc3C)CC2)CC1. The molecule has 2 saturated heterocycles. The van der Waals surface area contributed by atoms with Crippen molar-refractivity contribution in [3.8, 4) is 12.3 Å². The minimum atomic E-state index is -3.53. The maximum atomic E-state index is 13.0. The highest BCUT2D eigenvalue weighted by Gasteiger charge is 2.34. The van der Waals surface area contributed by atoms with Crippen LogP contribution < -0.4 is 0 Å². The summed E-state index contributed by atoms with van der Waals surface area (Å²) >= 11 is 0. The molecule has 2 aliphatic heterocycles. The quantitative estimate of drug-likeness (QED) is 0.715. The van der Waals surface area contributed by atoms with Crippen LogP contribution in [0.2, 0.25) is 0 Å². The lowest BCUT2D eigenvalue weighted by atomic mass is 9.95. The van der Waals surface area contributed by atoms with Gasteiger partial charge in [0.2, 0.25) is 15.9 Å². The fourth-order valence-corrected chi connectivity index (χ4v) is 5.73. The number of carbonyl (C=O) groups excluding carboxylic acids is 1. The van der Waals surface area contributed by atoms with Crippen molar-refractivity contribution >= 4 is 15.9 Å². The molecule has 1 amide bonds. The lowest BCUT2D eigenvalue weighted by molar-refractivity contribution is -0.138. The summed E-state index contributed by atoms with van der Waals surface area (Å²) in [5, 5.41) is 0. The molecule has 0 aromatic heterocycles. The maximum absolute atomic E-state index is 13.0. The molecule has 152 valence electrons. The Morgan fingerprint density at radius 2 is 1.75 bits per heavy atom. The van der Waals surface area contributed by atoms with E-state index in [1.54, 1.807) is 6.07 Å². The van der Waals surface area contributed by atoms with Gasteiger partial charge in [0.05, 0.1) is 11.4 Å². The number of sulfonamides is 1. The van der Waals surface area contributed by atoms with E-state index >= 15 is 0 Å². The Balaban J connectivity index is 1.59. The zero-order chi connectivity index (χ0) is 20.3. The Morgan fingerprint density at radius 1 is 1.11 bits per heavy atom. The average Bonchev–Trinajstić information content (AvgIpc) is 2.70. The highest BCUT2D eigenvalue weighted by molar-refractivity contribution is 7.89. The lowest BCUT2D eigenvalue weighted by Crippen LogP contribution is -2.52. The molecule has 3 rings (SSSR count). The molecule has 7 heteroatoms. The molecule has 0 spiro atoms. The van der Waals surface area contributed by atoms with Crippen LogP contribution in [0.25, 0.3) is 0 Å². The predicted octanol–water partition coefficient (Wildman–Crippen LogP) is 1.48. The van der Waals surface area contributed by atoms with Gasteiger partial charge in [-0.05, 0) is 57.0 Å². The first-order valence-electron chi connectivity index (χ1n) is 9.85. The fourth-order valence-electron chi connectivity index (χ4n) is 4.00. The number of benzene rings is 1. The first-order valence-corrected chi connectivity index (χ1v) is 11.3. The van der Waals surface area contributed by atoms with Gasteiger partial charge in [0, 0.05) is 32.1 Å². The third-order valence-corrected chi connectivity index (χ3v) is 7.80. The molecule has 6 nitrogen and oxygen atoms in total. The van der Waals surface area contributed by atoms with E-state index in [0.717, 1.165) is 37.1 Å². The van der Waals surface area contributed by atoms with Crippen LogP contribution in [0, 0.1) is 32.1 Å². The van der Waals surface area contributed by atoms with E-state index in [-0.39, 0.29) is 11.8 Å². The van der Waals surface area contributed by atoms with Gasteiger partial charge in [0.25, 0.3) is 0 Å². The molecule has 0 N–H and O–H groups in total. The van der Waals surface area contributed by atoms with E-state index in [1.165, 1.54) is 4.31 Å². The molecule has 2 fully saturated rings. The van der Waals surface area contributed by atoms with Crippen LogP contribution in [0.4, 0.5) is 0 Å². The zero-order valence-electron chi connectivity index (χ0n) is 16.7. The number of likely N-dealkylation sites (tertiary alicyclic amines) is 1. The summed E-state index contributed by atoms with van der Waals surface area (Å²) in [6.07, 6.45) is 7.00. The molecule has 0 radical (unpaired) electrons. The van der Waals surface area contributed by atoms with Gasteiger partial charge in [0.1, 0.15) is 0 Å². The second-order valence-corrected chi connectivity index (χ2v) is 9.66. The van der Waals surface area contributed by atoms with Crippen molar-refractivity contribution in [2.45, 2.75) is 31.6 Å². The van der Waals surface area contributed by atoms with Crippen LogP contribution in [0.1, 0.15) is 24.0 Å². The monoisotopic (exact) mass is 403 g/mol. The summed E-state index contributed by atoms with van der Waals surface area (Å²) in [5.41, 5.74) is 1.68. The average molecular weight is 404 g/mol. The summed E-state index contributed by atoms with van der Waals surface area (Å²) in [6.45, 7) is 7.64. The second-order valence-electron chi connectivity index (χ2n) is 7.75. The van der Waals surface area contributed by atoms with Gasteiger partial charge in [-0.25, -0.2) is 8.42 Å². The standard InChI is InChI=1S/C21H29N3O3S/c1-4-9-22-10-7-19(8-11-22)21(25)23-12-14-24(15-13-23)28(26,27)20-16-17(2)5-6-18(20)3/h1,5-6,16,19H,7-15H2,2-3H3. The lowest BCUT2D eigenvalue weighted by Gasteiger charge is -2.38. The van der Waals surface area contributed by atoms with Crippen LogP contribution in [0.5, 0.6) is 0 Å². The summed E-state index contributed by atoms with van der Waals surface area (Å²) in [6, 6.07) is 5.49. The Labute approximate surface area is 168 Å². The van der Waals surface area contributed by atoms with E-state index in [2.05, 4.69) is 10.8 Å². The number of terminal acetylenes is 1. The summed E-state index contributed by atoms with van der Waals surface area (Å²) in [5.74, 6) is 2.83. The normalized spacial score (nSPS) is 20.1. The van der Waals surface area contributed by atoms with E-state index in [4.69, 9.17) is 6.42 Å². The Kier molecular flexibility index (Phi) is 6.43. The highest BCUT2D eigenvalue weighted by Crippen LogP contribution is 2.24. The predicted molar refractivity (Wildman–Crippen MR) is 109 cm³/mol. The minimum absolute atomic E-state index is 0.0243. The molecule has 1 aromatic rings. The van der Waals surface area contributed by atoms with E-state index in [9.17, 15) is 13.2 Å². The summed E-state index contributed by atoms with van der Waals surface area (Å²) < 4.78 is 27.6. The third-order valence-electron chi connectivity index (χ3n) is 5.76. The summed E-state index contributed by atoms with van der Waals surface area (Å²) in [4.78, 5) is 17.2. The van der Waals surface area contributed by atoms with Crippen molar-refractivity contribution in [2.75, 3.05) is 45.8 Å². The molecular formula is C21H29N3O3S. The van der Waals surface area contributed by atoms with Crippen LogP contribution in [0.3, 0.4) is 0 Å². The number of nitrogens with zero attached hydrogens (tertiary/aromatic N) is 3. The van der Waals surface area contributed by atoms with E-state index in [1.807, 2.05) is 30.9 Å². The van der Waals surface area contributed by atoms with Crippen molar-refractivity contribution in [3.63, 3.8) is 0 Å². The van der Waals surface area contributed by atoms with Crippen molar-refractivity contribution in [1.29, 1.82) is 0 Å². The van der Waals surface area contributed by atoms with Crippen molar-refractivity contribution < 1.29 is 13.2 Å². The van der Waals surface area contributed by atoms with Crippen LogP contribution in [0.15, 0.2) is 23.1 Å². The van der Waals surface area contributed by atoms with Crippen LogP contribution in [-0.2, 0) is 14.8 Å². The largest absolute Gasteiger partial charge is 0.340 e. The summed E-state index contributed by atoms with van der Waals surface area (Å²) in [7, 11) is -3.53. The van der Waals surface area contributed by atoms with Gasteiger partial charge >= 0.3 is 0 Å². The second kappa shape index (κ2) is 8.64. The number of aryl methyl sites for hydroxylation is 2. The molecule has 0 saturated carbocycles. The van der Waals surface area contributed by atoms with Crippen molar-refractivity contribution in [1.82, 2.24) is 14.1 Å². The van der Waals surface area contributed by atoms with Gasteiger partial charge in [-0.1, -0.05) is 18.1 Å². The fraction of sp³-hybridized carbons (Fsp3) is 0.571. The van der Waals surface area contributed by atoms with Gasteiger partial charge in [-0.2, -0.15) is 4.31 Å². The number of rotatable bonds is 4. The maximum Gasteiger partial charge on any atom is 0.243 e. The van der Waals surface area contributed by atoms with Crippen LogP contribution >= 0.6 is 0 Å². The number of hydrogen-bond acceptors (Lipinski definition) is 4. The van der Waals surface area contributed by atoms with Crippen molar-refractivity contribution in [2.24, 2.45) is 5.92 Å². The van der Waals surface area contributed by atoms with Gasteiger partial charge < -0.3 is 4.90 Å². The minimum Gasteiger partial charge on any atom is -0.340 e. The topological polar surface area (TPSA) is 60.9 Å². The third kappa shape index (κ3) is 4.40. The first-order chi connectivity index (χ1) is 13.3. The van der Waals surface area contributed by atoms with Gasteiger partial charge in [-0.3, -0.25) is 9.69 Å². The molecule has 1 aromatic carbocycles. The van der Waals surface area contributed by atoms with Gasteiger partial charge in [-0.15, -0.1) is 6.42 Å². The molecule has 2 heterocycles. The number of piperazine rings is 1. The Hall–Kier alpha value is -1.88. The van der Waals surface area contributed by atoms with Gasteiger partial charge in [0.15, 0.2) is 0 Å². The first kappa shape index (κ1) is 20.8. The molecule has 28 heavy (non-hydrogen) atoms. The zero-order valence-corrected chi connectivity index (χ0v) is 17.5. The Bertz CT molecular complexity index is 859. The number of amides is 1. The highest BCUT2D eigenvalue weighted by atomic mass is 32.2. The molecular weight excluding hydrogens is 374 g/mol. The van der Waals surface area contributed by atoms with E-state index in [0.29, 0.717) is 37.6 Å². The molecule has 0 atom stereocenters. The number of carbonyl (C=O) groups is 1. The molecule has 2 aliphatic rings. The number of hydrogen-bond donors (Lipinski definition) is 0. The smallest absolute Gasteiger partial charge is 0.243 e. The molecule has 0 aliphatic carbocycles. The molecule has 0 unspecified atom stereocenters. The number of piperidine rings is 1. The van der Waals surface area contributed by atoms with Crippen molar-refractivity contribution in [3.05, 3.63) is 29.3 Å².